The lowest BCUT2D eigenvalue weighted by atomic mass is 10.1. The molecule has 0 fully saturated rings. The van der Waals surface area contributed by atoms with Crippen LogP contribution in [-0.2, 0) is 0 Å². The molecule has 0 aliphatic rings. The van der Waals surface area contributed by atoms with Gasteiger partial charge in [-0.1, -0.05) is 48.5 Å². The first kappa shape index (κ1) is 13.4. The quantitative estimate of drug-likeness (QED) is 0.473. The highest BCUT2D eigenvalue weighted by molar-refractivity contribution is 7.15. The predicted octanol–water partition coefficient (Wildman–Crippen LogP) is 4.67. The monoisotopic (exact) mass is 328 g/mol. The van der Waals surface area contributed by atoms with Crippen molar-refractivity contribution < 1.29 is 0 Å². The van der Waals surface area contributed by atoms with E-state index in [4.69, 9.17) is 10.1 Å². The molecule has 0 radical (unpaired) electrons. The second-order valence-corrected chi connectivity index (χ2v) is 6.33. The van der Waals surface area contributed by atoms with Crippen molar-refractivity contribution in [2.45, 2.75) is 0 Å². The second kappa shape index (κ2) is 5.25. The molecule has 0 unspecified atom stereocenters. The summed E-state index contributed by atoms with van der Waals surface area (Å²) in [7, 11) is 0. The lowest BCUT2D eigenvalue weighted by molar-refractivity contribution is 0.990. The number of thiazole rings is 1. The van der Waals surface area contributed by atoms with Crippen LogP contribution in [0.15, 0.2) is 72.2 Å². The van der Waals surface area contributed by atoms with E-state index in [0.29, 0.717) is 0 Å². The van der Waals surface area contributed by atoms with Gasteiger partial charge < -0.3 is 0 Å². The smallest absolute Gasteiger partial charge is 0.213 e. The van der Waals surface area contributed by atoms with Gasteiger partial charge in [0.25, 0.3) is 0 Å². The summed E-state index contributed by atoms with van der Waals surface area (Å²) in [4.78, 5) is 10.0. The van der Waals surface area contributed by atoms with Crippen LogP contribution in [-0.4, -0.2) is 19.6 Å². The Kier molecular flexibility index (Phi) is 2.93. The van der Waals surface area contributed by atoms with Gasteiger partial charge in [0.2, 0.25) is 4.96 Å². The fraction of sp³-hybridized carbons (Fsp3) is 0. The second-order valence-electron chi connectivity index (χ2n) is 5.49. The summed E-state index contributed by atoms with van der Waals surface area (Å²) < 4.78 is 1.92. The van der Waals surface area contributed by atoms with Gasteiger partial charge in [-0.15, -0.1) is 16.4 Å². The first-order valence-electron chi connectivity index (χ1n) is 7.64. The van der Waals surface area contributed by atoms with Crippen molar-refractivity contribution >= 4 is 27.2 Å². The standard InChI is InChI=1S/C19H12N4S/c1-2-6-13(7-3-1)17-12-24-19-21-18(22-23(17)19)15-10-11-20-16-9-5-4-8-14(15)16/h1-12H. The Balaban J connectivity index is 1.73. The molecular formula is C19H12N4S. The summed E-state index contributed by atoms with van der Waals surface area (Å²) >= 11 is 1.60. The normalized spacial score (nSPS) is 11.3. The van der Waals surface area contributed by atoms with Crippen LogP contribution < -0.4 is 0 Å². The third kappa shape index (κ3) is 2.02. The van der Waals surface area contributed by atoms with E-state index in [1.54, 1.807) is 11.3 Å². The molecule has 4 nitrogen and oxygen atoms in total. The average Bonchev–Trinajstić information content (AvgIpc) is 3.22. The molecule has 0 atom stereocenters. The van der Waals surface area contributed by atoms with Crippen LogP contribution in [0, 0.1) is 0 Å². The third-order valence-electron chi connectivity index (χ3n) is 4.04. The maximum absolute atomic E-state index is 4.76. The fourth-order valence-electron chi connectivity index (χ4n) is 2.89. The van der Waals surface area contributed by atoms with Crippen molar-refractivity contribution in [3.05, 3.63) is 72.2 Å². The number of rotatable bonds is 2. The molecule has 0 bridgehead atoms. The summed E-state index contributed by atoms with van der Waals surface area (Å²) in [5, 5.41) is 7.92. The summed E-state index contributed by atoms with van der Waals surface area (Å²) in [5.41, 5.74) is 4.17. The summed E-state index contributed by atoms with van der Waals surface area (Å²) in [6, 6.07) is 20.3. The molecule has 0 N–H and O–H groups in total. The number of fused-ring (bicyclic) bond motifs is 2. The van der Waals surface area contributed by atoms with Crippen molar-refractivity contribution in [3.63, 3.8) is 0 Å². The molecule has 0 amide bonds. The van der Waals surface area contributed by atoms with Crippen LogP contribution in [0.1, 0.15) is 0 Å². The largest absolute Gasteiger partial charge is 0.256 e. The number of para-hydroxylation sites is 1. The summed E-state index contributed by atoms with van der Waals surface area (Å²) in [5.74, 6) is 0.734. The highest BCUT2D eigenvalue weighted by Gasteiger charge is 2.14. The minimum Gasteiger partial charge on any atom is -0.256 e. The summed E-state index contributed by atoms with van der Waals surface area (Å²) in [6.45, 7) is 0. The maximum atomic E-state index is 4.76. The molecule has 2 aromatic carbocycles. The van der Waals surface area contributed by atoms with Gasteiger partial charge in [-0.25, -0.2) is 4.52 Å². The summed E-state index contributed by atoms with van der Waals surface area (Å²) in [6.07, 6.45) is 1.81. The van der Waals surface area contributed by atoms with Gasteiger partial charge in [-0.3, -0.25) is 4.98 Å². The van der Waals surface area contributed by atoms with Gasteiger partial charge >= 0.3 is 0 Å². The molecule has 0 saturated heterocycles. The van der Waals surface area contributed by atoms with Crippen molar-refractivity contribution in [1.82, 2.24) is 19.6 Å². The van der Waals surface area contributed by atoms with E-state index in [2.05, 4.69) is 28.6 Å². The van der Waals surface area contributed by atoms with E-state index in [9.17, 15) is 0 Å². The number of aromatic nitrogens is 4. The number of benzene rings is 2. The van der Waals surface area contributed by atoms with Crippen LogP contribution in [0.5, 0.6) is 0 Å². The van der Waals surface area contributed by atoms with Crippen molar-refractivity contribution in [1.29, 1.82) is 0 Å². The predicted molar refractivity (Wildman–Crippen MR) is 97.0 cm³/mol. The van der Waals surface area contributed by atoms with Crippen LogP contribution in [0.4, 0.5) is 0 Å². The van der Waals surface area contributed by atoms with Crippen LogP contribution in [0.3, 0.4) is 0 Å². The minimum absolute atomic E-state index is 0.734. The number of pyridine rings is 1. The lowest BCUT2D eigenvalue weighted by Crippen LogP contribution is -1.90. The Morgan fingerprint density at radius 3 is 2.62 bits per heavy atom. The molecule has 5 aromatic rings. The van der Waals surface area contributed by atoms with Crippen LogP contribution >= 0.6 is 11.3 Å². The van der Waals surface area contributed by atoms with Gasteiger partial charge in [0.05, 0.1) is 11.2 Å². The van der Waals surface area contributed by atoms with Gasteiger partial charge in [0, 0.05) is 28.1 Å². The van der Waals surface area contributed by atoms with E-state index >= 15 is 0 Å². The third-order valence-corrected chi connectivity index (χ3v) is 4.86. The van der Waals surface area contributed by atoms with E-state index in [1.807, 2.05) is 53.2 Å². The van der Waals surface area contributed by atoms with Gasteiger partial charge in [0.1, 0.15) is 0 Å². The van der Waals surface area contributed by atoms with E-state index < -0.39 is 0 Å². The zero-order chi connectivity index (χ0) is 15.9. The highest BCUT2D eigenvalue weighted by atomic mass is 32.1. The Labute approximate surface area is 142 Å². The zero-order valence-electron chi connectivity index (χ0n) is 12.6. The molecule has 5 rings (SSSR count). The molecule has 0 aliphatic carbocycles. The molecule has 24 heavy (non-hydrogen) atoms. The van der Waals surface area contributed by atoms with E-state index in [1.165, 1.54) is 0 Å². The highest BCUT2D eigenvalue weighted by Crippen LogP contribution is 2.29. The first-order valence-corrected chi connectivity index (χ1v) is 8.52. The van der Waals surface area contributed by atoms with Crippen molar-refractivity contribution in [2.75, 3.05) is 0 Å². The molecule has 0 saturated carbocycles. The number of nitrogens with zero attached hydrogens (tertiary/aromatic N) is 4. The van der Waals surface area contributed by atoms with E-state index in [0.717, 1.165) is 38.5 Å². The molecule has 0 spiro atoms. The first-order chi connectivity index (χ1) is 11.9. The Morgan fingerprint density at radius 1 is 0.875 bits per heavy atom. The lowest BCUT2D eigenvalue weighted by Gasteiger charge is -2.01. The maximum Gasteiger partial charge on any atom is 0.213 e. The van der Waals surface area contributed by atoms with E-state index in [-0.39, 0.29) is 0 Å². The van der Waals surface area contributed by atoms with Crippen molar-refractivity contribution in [2.24, 2.45) is 0 Å². The molecule has 0 aliphatic heterocycles. The van der Waals surface area contributed by atoms with Crippen molar-refractivity contribution in [3.8, 4) is 22.6 Å². The van der Waals surface area contributed by atoms with Gasteiger partial charge in [-0.2, -0.15) is 4.98 Å². The Bertz CT molecular complexity index is 1150. The molecule has 114 valence electrons. The molecule has 3 heterocycles. The van der Waals surface area contributed by atoms with Gasteiger partial charge in [-0.05, 0) is 12.1 Å². The molecular weight excluding hydrogens is 316 g/mol. The molecule has 3 aromatic heterocycles. The number of hydrogen-bond donors (Lipinski definition) is 0. The molecule has 5 heteroatoms. The average molecular weight is 328 g/mol. The van der Waals surface area contributed by atoms with Gasteiger partial charge in [0.15, 0.2) is 5.82 Å². The zero-order valence-corrected chi connectivity index (χ0v) is 13.4. The topological polar surface area (TPSA) is 43.1 Å². The van der Waals surface area contributed by atoms with Crippen LogP contribution in [0.25, 0.3) is 38.5 Å². The SMILES string of the molecule is c1ccc(-c2csc3nc(-c4ccnc5ccccc45)nn23)cc1. The Morgan fingerprint density at radius 2 is 1.71 bits per heavy atom. The fourth-order valence-corrected chi connectivity index (χ4v) is 3.72. The number of hydrogen-bond acceptors (Lipinski definition) is 4. The Hall–Kier alpha value is -3.05. The van der Waals surface area contributed by atoms with Crippen LogP contribution in [0.2, 0.25) is 0 Å². The minimum atomic E-state index is 0.734.